The highest BCUT2D eigenvalue weighted by molar-refractivity contribution is 6.39. The van der Waals surface area contributed by atoms with Crippen molar-refractivity contribution in [2.24, 2.45) is 4.99 Å². The Kier molecular flexibility index (Phi) is 11.7. The predicted molar refractivity (Wildman–Crippen MR) is 146 cm³/mol. The van der Waals surface area contributed by atoms with E-state index in [9.17, 15) is 5.11 Å². The number of guanidine groups is 1. The van der Waals surface area contributed by atoms with Crippen molar-refractivity contribution >= 4 is 58.0 Å². The molecule has 1 aliphatic rings. The summed E-state index contributed by atoms with van der Waals surface area (Å²) in [6.45, 7) is 6.58. The van der Waals surface area contributed by atoms with Crippen LogP contribution in [-0.4, -0.2) is 49.5 Å². The van der Waals surface area contributed by atoms with E-state index in [0.717, 1.165) is 35.6 Å². The molecule has 3 aromatic carbocycles. The molecule has 9 heteroatoms. The summed E-state index contributed by atoms with van der Waals surface area (Å²) in [5.74, 6) is 1.54. The average Bonchev–Trinajstić information content (AvgIpc) is 3.32. The van der Waals surface area contributed by atoms with Gasteiger partial charge in [0.15, 0.2) is 5.96 Å². The molecule has 0 fully saturated rings. The number of aliphatic hydroxyl groups excluding tert-OH is 1. The van der Waals surface area contributed by atoms with Gasteiger partial charge in [-0.1, -0.05) is 79.5 Å². The van der Waals surface area contributed by atoms with Crippen molar-refractivity contribution in [3.8, 4) is 5.75 Å². The molecule has 6 nitrogen and oxygen atoms in total. The monoisotopic (exact) mass is 524 g/mol. The summed E-state index contributed by atoms with van der Waals surface area (Å²) in [7, 11) is 0. The van der Waals surface area contributed by atoms with Gasteiger partial charge in [-0.15, -0.1) is 12.4 Å². The lowest BCUT2D eigenvalue weighted by Gasteiger charge is -2.15. The van der Waals surface area contributed by atoms with E-state index >= 15 is 0 Å². The van der Waals surface area contributed by atoms with Gasteiger partial charge in [0.25, 0.3) is 0 Å². The van der Waals surface area contributed by atoms with Gasteiger partial charge in [-0.25, -0.2) is 0 Å². The minimum absolute atomic E-state index is 0. The number of para-hydroxylation sites is 1. The summed E-state index contributed by atoms with van der Waals surface area (Å²) < 4.78 is 5.72. The van der Waals surface area contributed by atoms with E-state index in [1.807, 2.05) is 30.3 Å². The van der Waals surface area contributed by atoms with Crippen molar-refractivity contribution < 1.29 is 9.84 Å². The Hall–Kier alpha value is -2.22. The first kappa shape index (κ1) is 28.0. The fraction of sp³-hybridized carbons (Fsp3) is 0.320. The van der Waals surface area contributed by atoms with Crippen molar-refractivity contribution in [2.75, 3.05) is 31.6 Å². The minimum Gasteiger partial charge on any atom is -0.490 e. The quantitative estimate of drug-likeness (QED) is 0.334. The maximum absolute atomic E-state index is 9.84. The maximum atomic E-state index is 9.84. The lowest BCUT2D eigenvalue weighted by atomic mass is 10.1. The summed E-state index contributed by atoms with van der Waals surface area (Å²) in [6, 6.07) is 19.8. The van der Waals surface area contributed by atoms with E-state index in [1.54, 1.807) is 18.2 Å². The zero-order valence-corrected chi connectivity index (χ0v) is 21.6. The highest BCUT2D eigenvalue weighted by Crippen LogP contribution is 2.29. The molecule has 1 heterocycles. The zero-order valence-electron chi connectivity index (χ0n) is 19.2. The van der Waals surface area contributed by atoms with E-state index < -0.39 is 6.10 Å². The number of nitrogens with zero attached hydrogens (tertiary/aromatic N) is 1. The second-order valence-electron chi connectivity index (χ2n) is 7.88. The van der Waals surface area contributed by atoms with Crippen LogP contribution in [0.3, 0.4) is 0 Å². The summed E-state index contributed by atoms with van der Waals surface area (Å²) in [5.41, 5.74) is 0.698. The van der Waals surface area contributed by atoms with Gasteiger partial charge in [0.1, 0.15) is 18.5 Å². The number of aliphatic imine (C=N–C) groups is 1. The molecular formula is C25H31Cl3N4O2. The number of nitrogens with one attached hydrogen (secondary N) is 3. The topological polar surface area (TPSA) is 77.9 Å². The number of ether oxygens (including phenoxy) is 1. The van der Waals surface area contributed by atoms with Gasteiger partial charge in [0.2, 0.25) is 0 Å². The van der Waals surface area contributed by atoms with Crippen molar-refractivity contribution in [3.63, 3.8) is 0 Å². The standard InChI is InChI=1S/C16H21NO2.C9H9Cl2N3.ClH/c1-12(2)17-10-14(18)11-19-16-9-5-7-13-6-3-4-8-15(13)16;10-6-2-1-3-7(11)8(6)14-9-12-4-5-13-9;/h3-9,12,14,17-18H,10-11H2,1-2H3;1-3H,4-5H2,(H2,12,13,14);1H. The average molecular weight is 526 g/mol. The third-order valence-electron chi connectivity index (χ3n) is 4.82. The number of benzene rings is 3. The number of fused-ring (bicyclic) bond motifs is 1. The van der Waals surface area contributed by atoms with Gasteiger partial charge in [0, 0.05) is 24.5 Å². The van der Waals surface area contributed by atoms with Gasteiger partial charge in [-0.2, -0.15) is 0 Å². The Morgan fingerprint density at radius 3 is 2.38 bits per heavy atom. The SMILES string of the molecule is CC(C)NCC(O)COc1cccc2ccccc12.Cl.Clc1cccc(Cl)c1NC1=NCCN1. The molecule has 0 saturated heterocycles. The molecule has 0 saturated carbocycles. The molecule has 4 N–H and O–H groups in total. The van der Waals surface area contributed by atoms with Crippen molar-refractivity contribution in [1.82, 2.24) is 10.6 Å². The summed E-state index contributed by atoms with van der Waals surface area (Å²) >= 11 is 12.0. The number of hydrogen-bond acceptors (Lipinski definition) is 6. The largest absolute Gasteiger partial charge is 0.490 e. The fourth-order valence-corrected chi connectivity index (χ4v) is 3.65. The second-order valence-corrected chi connectivity index (χ2v) is 8.70. The molecule has 0 aliphatic carbocycles. The molecule has 1 atom stereocenters. The predicted octanol–water partition coefficient (Wildman–Crippen LogP) is 5.36. The van der Waals surface area contributed by atoms with E-state index in [1.165, 1.54) is 0 Å². The van der Waals surface area contributed by atoms with Crippen LogP contribution in [-0.2, 0) is 0 Å². The van der Waals surface area contributed by atoms with Crippen LogP contribution in [0.1, 0.15) is 13.8 Å². The normalized spacial score (nSPS) is 13.3. The molecule has 0 radical (unpaired) electrons. The lowest BCUT2D eigenvalue weighted by molar-refractivity contribution is 0.105. The van der Waals surface area contributed by atoms with Crippen LogP contribution in [0.5, 0.6) is 5.75 Å². The molecular weight excluding hydrogens is 495 g/mol. The Balaban J connectivity index is 0.000000243. The summed E-state index contributed by atoms with van der Waals surface area (Å²) in [4.78, 5) is 4.19. The summed E-state index contributed by atoms with van der Waals surface area (Å²) in [6.07, 6.45) is -0.499. The van der Waals surface area contributed by atoms with Crippen LogP contribution < -0.4 is 20.7 Å². The number of hydrogen-bond donors (Lipinski definition) is 4. The van der Waals surface area contributed by atoms with E-state index in [4.69, 9.17) is 27.9 Å². The first-order valence-electron chi connectivity index (χ1n) is 11.0. The maximum Gasteiger partial charge on any atom is 0.196 e. The molecule has 0 spiro atoms. The summed E-state index contributed by atoms with van der Waals surface area (Å²) in [5, 5.41) is 22.6. The number of anilines is 1. The van der Waals surface area contributed by atoms with Gasteiger partial charge in [0.05, 0.1) is 22.3 Å². The van der Waals surface area contributed by atoms with Crippen LogP contribution in [0.25, 0.3) is 10.8 Å². The van der Waals surface area contributed by atoms with Gasteiger partial charge in [-0.05, 0) is 23.6 Å². The minimum atomic E-state index is -0.499. The van der Waals surface area contributed by atoms with Crippen LogP contribution in [0.15, 0.2) is 65.7 Å². The van der Waals surface area contributed by atoms with Crippen LogP contribution >= 0.6 is 35.6 Å². The highest BCUT2D eigenvalue weighted by atomic mass is 35.5. The number of aliphatic hydroxyl groups is 1. The molecule has 4 rings (SSSR count). The highest BCUT2D eigenvalue weighted by Gasteiger charge is 2.10. The first-order chi connectivity index (χ1) is 15.9. The molecule has 1 unspecified atom stereocenters. The molecule has 1 aliphatic heterocycles. The Labute approximate surface area is 217 Å². The van der Waals surface area contributed by atoms with Crippen molar-refractivity contribution in [1.29, 1.82) is 0 Å². The van der Waals surface area contributed by atoms with E-state index in [-0.39, 0.29) is 12.4 Å². The van der Waals surface area contributed by atoms with E-state index in [0.29, 0.717) is 34.9 Å². The molecule has 3 aromatic rings. The molecule has 0 bridgehead atoms. The third kappa shape index (κ3) is 8.53. The van der Waals surface area contributed by atoms with Crippen LogP contribution in [0.2, 0.25) is 10.0 Å². The van der Waals surface area contributed by atoms with Crippen molar-refractivity contribution in [2.45, 2.75) is 26.0 Å². The Morgan fingerprint density at radius 2 is 1.71 bits per heavy atom. The fourth-order valence-electron chi connectivity index (χ4n) is 3.16. The molecule has 0 amide bonds. The molecule has 0 aromatic heterocycles. The smallest absolute Gasteiger partial charge is 0.196 e. The Bertz CT molecular complexity index is 1050. The van der Waals surface area contributed by atoms with Gasteiger partial charge < -0.3 is 25.8 Å². The zero-order chi connectivity index (χ0) is 23.6. The molecule has 184 valence electrons. The first-order valence-corrected chi connectivity index (χ1v) is 11.7. The van der Waals surface area contributed by atoms with Gasteiger partial charge in [-0.3, -0.25) is 4.99 Å². The van der Waals surface area contributed by atoms with Gasteiger partial charge >= 0.3 is 0 Å². The number of halogens is 3. The van der Waals surface area contributed by atoms with Crippen LogP contribution in [0, 0.1) is 0 Å². The molecule has 34 heavy (non-hydrogen) atoms. The Morgan fingerprint density at radius 1 is 1.03 bits per heavy atom. The number of rotatable bonds is 7. The van der Waals surface area contributed by atoms with Crippen molar-refractivity contribution in [3.05, 3.63) is 70.7 Å². The third-order valence-corrected chi connectivity index (χ3v) is 5.45. The second kappa shape index (κ2) is 14.2. The lowest BCUT2D eigenvalue weighted by Crippen LogP contribution is -2.35. The van der Waals surface area contributed by atoms with Crippen LogP contribution in [0.4, 0.5) is 5.69 Å². The van der Waals surface area contributed by atoms with E-state index in [2.05, 4.69) is 46.9 Å².